The van der Waals surface area contributed by atoms with Crippen LogP contribution in [0, 0.1) is 0 Å². The molecule has 62 valence electrons. The SMILES string of the molecule is CC1=C(C)Oc2ccccc2C1. The van der Waals surface area contributed by atoms with Gasteiger partial charge in [0.25, 0.3) is 0 Å². The van der Waals surface area contributed by atoms with Gasteiger partial charge in [-0.25, -0.2) is 0 Å². The largest absolute Gasteiger partial charge is 0.462 e. The molecule has 0 bridgehead atoms. The van der Waals surface area contributed by atoms with E-state index in [1.165, 1.54) is 11.1 Å². The standard InChI is InChI=1S/C11H12O/c1-8-7-10-5-3-4-6-11(10)12-9(8)2/h3-6H,7H2,1-2H3. The molecule has 0 unspecified atom stereocenters. The van der Waals surface area contributed by atoms with Crippen LogP contribution in [-0.4, -0.2) is 0 Å². The van der Waals surface area contributed by atoms with Gasteiger partial charge in [0.2, 0.25) is 0 Å². The summed E-state index contributed by atoms with van der Waals surface area (Å²) in [5, 5.41) is 0. The summed E-state index contributed by atoms with van der Waals surface area (Å²) in [6, 6.07) is 8.19. The van der Waals surface area contributed by atoms with Crippen molar-refractivity contribution >= 4 is 0 Å². The summed E-state index contributed by atoms with van der Waals surface area (Å²) in [5.41, 5.74) is 2.62. The highest BCUT2D eigenvalue weighted by atomic mass is 16.5. The number of ether oxygens (including phenoxy) is 1. The highest BCUT2D eigenvalue weighted by molar-refractivity contribution is 5.40. The van der Waals surface area contributed by atoms with Crippen LogP contribution in [0.3, 0.4) is 0 Å². The van der Waals surface area contributed by atoms with Crippen LogP contribution in [0.15, 0.2) is 35.6 Å². The monoisotopic (exact) mass is 160 g/mol. The molecule has 0 fully saturated rings. The molecule has 1 aliphatic rings. The molecule has 0 saturated heterocycles. The van der Waals surface area contributed by atoms with Gasteiger partial charge in [-0.3, -0.25) is 0 Å². The van der Waals surface area contributed by atoms with Crippen molar-refractivity contribution in [2.24, 2.45) is 0 Å². The second-order valence-corrected chi connectivity index (χ2v) is 3.22. The molecule has 0 saturated carbocycles. The fraction of sp³-hybridized carbons (Fsp3) is 0.273. The van der Waals surface area contributed by atoms with Gasteiger partial charge in [-0.05, 0) is 31.1 Å². The van der Waals surface area contributed by atoms with Crippen LogP contribution in [0.25, 0.3) is 0 Å². The molecule has 0 aromatic heterocycles. The number of rotatable bonds is 0. The second kappa shape index (κ2) is 2.67. The Labute approximate surface area is 72.7 Å². The Morgan fingerprint density at radius 1 is 1.17 bits per heavy atom. The van der Waals surface area contributed by atoms with E-state index in [2.05, 4.69) is 19.1 Å². The van der Waals surface area contributed by atoms with E-state index in [0.29, 0.717) is 0 Å². The maximum Gasteiger partial charge on any atom is 0.130 e. The van der Waals surface area contributed by atoms with Crippen LogP contribution in [0.1, 0.15) is 19.4 Å². The van der Waals surface area contributed by atoms with Crippen LogP contribution < -0.4 is 4.74 Å². The molecule has 0 N–H and O–H groups in total. The van der Waals surface area contributed by atoms with Crippen molar-refractivity contribution in [1.29, 1.82) is 0 Å². The number of hydrogen-bond acceptors (Lipinski definition) is 1. The lowest BCUT2D eigenvalue weighted by Gasteiger charge is -2.18. The van der Waals surface area contributed by atoms with E-state index in [0.717, 1.165) is 17.9 Å². The van der Waals surface area contributed by atoms with Gasteiger partial charge in [-0.15, -0.1) is 0 Å². The van der Waals surface area contributed by atoms with Crippen molar-refractivity contribution < 1.29 is 4.74 Å². The van der Waals surface area contributed by atoms with E-state index in [9.17, 15) is 0 Å². The number of hydrogen-bond donors (Lipinski definition) is 0. The van der Waals surface area contributed by atoms with E-state index in [4.69, 9.17) is 4.74 Å². The topological polar surface area (TPSA) is 9.23 Å². The van der Waals surface area contributed by atoms with Crippen molar-refractivity contribution in [2.75, 3.05) is 0 Å². The smallest absolute Gasteiger partial charge is 0.130 e. The van der Waals surface area contributed by atoms with E-state index in [1.54, 1.807) is 0 Å². The zero-order valence-corrected chi connectivity index (χ0v) is 7.42. The molecular weight excluding hydrogens is 148 g/mol. The van der Waals surface area contributed by atoms with E-state index < -0.39 is 0 Å². The molecule has 0 amide bonds. The lowest BCUT2D eigenvalue weighted by atomic mass is 10.0. The number of allylic oxidation sites excluding steroid dienone is 2. The Morgan fingerprint density at radius 2 is 1.92 bits per heavy atom. The summed E-state index contributed by atoms with van der Waals surface area (Å²) in [6.45, 7) is 4.14. The van der Waals surface area contributed by atoms with Crippen molar-refractivity contribution in [3.05, 3.63) is 41.2 Å². The highest BCUT2D eigenvalue weighted by Crippen LogP contribution is 2.28. The third-order valence-electron chi connectivity index (χ3n) is 2.29. The zero-order valence-electron chi connectivity index (χ0n) is 7.42. The van der Waals surface area contributed by atoms with Gasteiger partial charge in [0, 0.05) is 6.42 Å². The van der Waals surface area contributed by atoms with E-state index >= 15 is 0 Å². The second-order valence-electron chi connectivity index (χ2n) is 3.22. The van der Waals surface area contributed by atoms with Crippen molar-refractivity contribution in [3.8, 4) is 5.75 Å². The lowest BCUT2D eigenvalue weighted by molar-refractivity contribution is 0.404. The fourth-order valence-electron chi connectivity index (χ4n) is 1.41. The predicted molar refractivity (Wildman–Crippen MR) is 49.1 cm³/mol. The molecule has 1 aliphatic heterocycles. The number of benzene rings is 1. The van der Waals surface area contributed by atoms with Gasteiger partial charge in [0.05, 0.1) is 0 Å². The zero-order chi connectivity index (χ0) is 8.55. The summed E-state index contributed by atoms with van der Waals surface area (Å²) >= 11 is 0. The van der Waals surface area contributed by atoms with Gasteiger partial charge in [-0.2, -0.15) is 0 Å². The molecule has 2 rings (SSSR count). The summed E-state index contributed by atoms with van der Waals surface area (Å²) in [6.07, 6.45) is 1.03. The predicted octanol–water partition coefficient (Wildman–Crippen LogP) is 2.92. The van der Waals surface area contributed by atoms with Crippen molar-refractivity contribution in [1.82, 2.24) is 0 Å². The summed E-state index contributed by atoms with van der Waals surface area (Å²) in [5.74, 6) is 2.06. The first-order chi connectivity index (χ1) is 5.77. The molecule has 0 spiro atoms. The third kappa shape index (κ3) is 1.11. The molecule has 1 heteroatoms. The molecule has 0 atom stereocenters. The van der Waals surface area contributed by atoms with Crippen LogP contribution in [-0.2, 0) is 6.42 Å². The van der Waals surface area contributed by atoms with E-state index in [-0.39, 0.29) is 0 Å². The third-order valence-corrected chi connectivity index (χ3v) is 2.29. The maximum absolute atomic E-state index is 5.62. The minimum absolute atomic E-state index is 1.01. The number of para-hydroxylation sites is 1. The Bertz CT molecular complexity index is 304. The van der Waals surface area contributed by atoms with Gasteiger partial charge >= 0.3 is 0 Å². The van der Waals surface area contributed by atoms with Gasteiger partial charge in [-0.1, -0.05) is 18.2 Å². The van der Waals surface area contributed by atoms with Gasteiger partial charge in [0.15, 0.2) is 0 Å². The quantitative estimate of drug-likeness (QED) is 0.567. The van der Waals surface area contributed by atoms with Crippen LogP contribution >= 0.6 is 0 Å². The number of fused-ring (bicyclic) bond motifs is 1. The minimum atomic E-state index is 1.01. The Kier molecular flexibility index (Phi) is 1.65. The maximum atomic E-state index is 5.62. The Hall–Kier alpha value is -1.24. The molecule has 0 aliphatic carbocycles. The van der Waals surface area contributed by atoms with Crippen LogP contribution in [0.5, 0.6) is 5.75 Å². The molecule has 1 nitrogen and oxygen atoms in total. The first-order valence-corrected chi connectivity index (χ1v) is 4.19. The molecule has 1 aromatic carbocycles. The average molecular weight is 160 g/mol. The van der Waals surface area contributed by atoms with E-state index in [1.807, 2.05) is 19.1 Å². The lowest BCUT2D eigenvalue weighted by Crippen LogP contribution is -2.05. The normalized spacial score (nSPS) is 15.5. The summed E-state index contributed by atoms with van der Waals surface area (Å²) in [7, 11) is 0. The molecular formula is C11H12O. The van der Waals surface area contributed by atoms with Gasteiger partial charge < -0.3 is 4.74 Å². The van der Waals surface area contributed by atoms with Crippen LogP contribution in [0.4, 0.5) is 0 Å². The highest BCUT2D eigenvalue weighted by Gasteiger charge is 2.12. The minimum Gasteiger partial charge on any atom is -0.462 e. The fourth-order valence-corrected chi connectivity index (χ4v) is 1.41. The van der Waals surface area contributed by atoms with Gasteiger partial charge in [0.1, 0.15) is 11.5 Å². The van der Waals surface area contributed by atoms with Crippen molar-refractivity contribution in [3.63, 3.8) is 0 Å². The Morgan fingerprint density at radius 3 is 2.75 bits per heavy atom. The summed E-state index contributed by atoms with van der Waals surface area (Å²) in [4.78, 5) is 0. The Balaban J connectivity index is 2.43. The molecule has 0 radical (unpaired) electrons. The molecule has 1 heterocycles. The first kappa shape index (κ1) is 7.41. The first-order valence-electron chi connectivity index (χ1n) is 4.19. The summed E-state index contributed by atoms with van der Waals surface area (Å²) < 4.78 is 5.62. The molecule has 12 heavy (non-hydrogen) atoms. The molecule has 1 aromatic rings. The van der Waals surface area contributed by atoms with Crippen LogP contribution in [0.2, 0.25) is 0 Å². The average Bonchev–Trinajstić information content (AvgIpc) is 2.07. The van der Waals surface area contributed by atoms with Crippen molar-refractivity contribution in [2.45, 2.75) is 20.3 Å².